The summed E-state index contributed by atoms with van der Waals surface area (Å²) in [7, 11) is 0. The Morgan fingerprint density at radius 2 is 1.61 bits per heavy atom. The Morgan fingerprint density at radius 1 is 0.903 bits per heavy atom. The molecule has 3 aromatic carbocycles. The van der Waals surface area contributed by atoms with E-state index >= 15 is 0 Å². The van der Waals surface area contributed by atoms with Crippen molar-refractivity contribution in [1.82, 2.24) is 9.69 Å². The molecule has 4 aromatic rings. The maximum absolute atomic E-state index is 12.6. The summed E-state index contributed by atoms with van der Waals surface area (Å²) in [5, 5.41) is 6.73. The van der Waals surface area contributed by atoms with E-state index in [1.165, 1.54) is 17.1 Å². The van der Waals surface area contributed by atoms with Gasteiger partial charge in [-0.2, -0.15) is 4.37 Å². The van der Waals surface area contributed by atoms with E-state index in [-0.39, 0.29) is 17.9 Å². The molecular formula is C25H23N3O2S. The van der Waals surface area contributed by atoms with Crippen LogP contribution in [0.2, 0.25) is 0 Å². The SMILES string of the molecule is C[C@H](CCc1ccccc1)NC(=O)c1ccc(NC(=O)c2nsc3ccccc23)cc1. The molecule has 0 bridgehead atoms. The number of hydrogen-bond donors (Lipinski definition) is 2. The van der Waals surface area contributed by atoms with Crippen LogP contribution in [0.25, 0.3) is 10.1 Å². The fraction of sp³-hybridized carbons (Fsp3) is 0.160. The van der Waals surface area contributed by atoms with E-state index in [9.17, 15) is 9.59 Å². The number of rotatable bonds is 7. The number of fused-ring (bicyclic) bond motifs is 1. The van der Waals surface area contributed by atoms with Gasteiger partial charge in [0.25, 0.3) is 11.8 Å². The van der Waals surface area contributed by atoms with E-state index in [1.54, 1.807) is 24.3 Å². The minimum Gasteiger partial charge on any atom is -0.350 e. The van der Waals surface area contributed by atoms with Crippen molar-refractivity contribution in [2.24, 2.45) is 0 Å². The van der Waals surface area contributed by atoms with Gasteiger partial charge < -0.3 is 10.6 Å². The average molecular weight is 430 g/mol. The van der Waals surface area contributed by atoms with Crippen LogP contribution in [0.5, 0.6) is 0 Å². The molecule has 1 heterocycles. The highest BCUT2D eigenvalue weighted by Gasteiger charge is 2.15. The number of aryl methyl sites for hydroxylation is 1. The Balaban J connectivity index is 1.33. The van der Waals surface area contributed by atoms with Crippen LogP contribution in [0.4, 0.5) is 5.69 Å². The van der Waals surface area contributed by atoms with E-state index in [0.717, 1.165) is 22.9 Å². The summed E-state index contributed by atoms with van der Waals surface area (Å²) in [5.41, 5.74) is 2.85. The second kappa shape index (κ2) is 9.53. The summed E-state index contributed by atoms with van der Waals surface area (Å²) in [5.74, 6) is -0.381. The molecule has 6 heteroatoms. The molecule has 0 saturated heterocycles. The van der Waals surface area contributed by atoms with Crippen LogP contribution in [0, 0.1) is 0 Å². The summed E-state index contributed by atoms with van der Waals surface area (Å²) in [6.45, 7) is 2.01. The van der Waals surface area contributed by atoms with Crippen LogP contribution in [-0.2, 0) is 6.42 Å². The van der Waals surface area contributed by atoms with Crippen molar-refractivity contribution in [1.29, 1.82) is 0 Å². The van der Waals surface area contributed by atoms with Gasteiger partial charge in [0, 0.05) is 22.7 Å². The Morgan fingerprint density at radius 3 is 2.39 bits per heavy atom. The van der Waals surface area contributed by atoms with Crippen LogP contribution in [0.15, 0.2) is 78.9 Å². The van der Waals surface area contributed by atoms with Gasteiger partial charge in [0.15, 0.2) is 0 Å². The number of anilines is 1. The zero-order valence-corrected chi connectivity index (χ0v) is 18.0. The van der Waals surface area contributed by atoms with E-state index in [1.807, 2.05) is 49.4 Å². The molecule has 2 amide bonds. The summed E-state index contributed by atoms with van der Waals surface area (Å²) in [4.78, 5) is 25.1. The van der Waals surface area contributed by atoms with Gasteiger partial charge in [-0.3, -0.25) is 9.59 Å². The van der Waals surface area contributed by atoms with E-state index in [2.05, 4.69) is 27.1 Å². The number of carbonyl (C=O) groups excluding carboxylic acids is 2. The zero-order valence-electron chi connectivity index (χ0n) is 17.2. The maximum Gasteiger partial charge on any atom is 0.276 e. The lowest BCUT2D eigenvalue weighted by molar-refractivity contribution is 0.0938. The van der Waals surface area contributed by atoms with Gasteiger partial charge in [0.05, 0.1) is 4.70 Å². The summed E-state index contributed by atoms with van der Waals surface area (Å²) in [6, 6.07) is 24.8. The first kappa shape index (κ1) is 20.8. The fourth-order valence-electron chi connectivity index (χ4n) is 3.35. The third kappa shape index (κ3) is 5.16. The first-order valence-corrected chi connectivity index (χ1v) is 11.0. The zero-order chi connectivity index (χ0) is 21.6. The molecular weight excluding hydrogens is 406 g/mol. The van der Waals surface area contributed by atoms with Crippen LogP contribution in [-0.4, -0.2) is 22.2 Å². The van der Waals surface area contributed by atoms with Crippen molar-refractivity contribution in [3.63, 3.8) is 0 Å². The third-order valence-electron chi connectivity index (χ3n) is 5.08. The maximum atomic E-state index is 12.6. The van der Waals surface area contributed by atoms with Crippen LogP contribution < -0.4 is 10.6 Å². The molecule has 0 aliphatic carbocycles. The lowest BCUT2D eigenvalue weighted by Gasteiger charge is -2.14. The highest BCUT2D eigenvalue weighted by molar-refractivity contribution is 7.13. The molecule has 1 aromatic heterocycles. The first-order chi connectivity index (χ1) is 15.1. The second-order valence-corrected chi connectivity index (χ2v) is 8.26. The smallest absolute Gasteiger partial charge is 0.276 e. The molecule has 0 spiro atoms. The van der Waals surface area contributed by atoms with Crippen LogP contribution in [0.3, 0.4) is 0 Å². The number of nitrogens with one attached hydrogen (secondary N) is 2. The number of amides is 2. The van der Waals surface area contributed by atoms with E-state index in [0.29, 0.717) is 16.9 Å². The number of benzene rings is 3. The number of carbonyl (C=O) groups is 2. The molecule has 0 fully saturated rings. The fourth-order valence-corrected chi connectivity index (χ4v) is 4.13. The summed E-state index contributed by atoms with van der Waals surface area (Å²) in [6.07, 6.45) is 1.78. The minimum atomic E-state index is -0.260. The Hall–Kier alpha value is -3.51. The van der Waals surface area contributed by atoms with Gasteiger partial charge in [-0.25, -0.2) is 0 Å². The molecule has 4 rings (SSSR count). The predicted octanol–water partition coefficient (Wildman–Crippen LogP) is 5.30. The molecule has 0 unspecified atom stereocenters. The summed E-state index contributed by atoms with van der Waals surface area (Å²) >= 11 is 1.30. The average Bonchev–Trinajstić information content (AvgIpc) is 3.23. The quantitative estimate of drug-likeness (QED) is 0.419. The van der Waals surface area contributed by atoms with Gasteiger partial charge in [-0.15, -0.1) is 0 Å². The van der Waals surface area contributed by atoms with Crippen molar-refractivity contribution < 1.29 is 9.59 Å². The molecule has 2 N–H and O–H groups in total. The first-order valence-electron chi connectivity index (χ1n) is 10.2. The van der Waals surface area contributed by atoms with Crippen molar-refractivity contribution in [2.45, 2.75) is 25.8 Å². The van der Waals surface area contributed by atoms with Gasteiger partial charge in [-0.05, 0) is 67.2 Å². The normalized spacial score (nSPS) is 11.8. The third-order valence-corrected chi connectivity index (χ3v) is 5.91. The van der Waals surface area contributed by atoms with Crippen molar-refractivity contribution in [2.75, 3.05) is 5.32 Å². The predicted molar refractivity (Wildman–Crippen MR) is 126 cm³/mol. The number of aromatic nitrogens is 1. The molecule has 0 saturated carbocycles. The molecule has 0 radical (unpaired) electrons. The molecule has 31 heavy (non-hydrogen) atoms. The standard InChI is InChI=1S/C25H23N3O2S/c1-17(11-12-18-7-3-2-4-8-18)26-24(29)19-13-15-20(16-14-19)27-25(30)23-21-9-5-6-10-22(21)31-28-23/h2-10,13-17H,11-12H2,1H3,(H,26,29)(H,27,30)/t17-/m1/s1. The highest BCUT2D eigenvalue weighted by Crippen LogP contribution is 2.23. The summed E-state index contributed by atoms with van der Waals surface area (Å²) < 4.78 is 5.25. The number of nitrogens with zero attached hydrogens (tertiary/aromatic N) is 1. The van der Waals surface area contributed by atoms with Gasteiger partial charge in [-0.1, -0.05) is 48.5 Å². The highest BCUT2D eigenvalue weighted by atomic mass is 32.1. The van der Waals surface area contributed by atoms with E-state index in [4.69, 9.17) is 0 Å². The lowest BCUT2D eigenvalue weighted by atomic mass is 10.1. The van der Waals surface area contributed by atoms with Crippen LogP contribution >= 0.6 is 11.5 Å². The Labute approximate surface area is 185 Å². The Bertz CT molecular complexity index is 1190. The van der Waals surface area contributed by atoms with Crippen molar-refractivity contribution >= 4 is 39.1 Å². The van der Waals surface area contributed by atoms with Crippen molar-refractivity contribution in [3.05, 3.63) is 95.7 Å². The molecule has 0 aliphatic rings. The second-order valence-electron chi connectivity index (χ2n) is 7.46. The molecule has 5 nitrogen and oxygen atoms in total. The molecule has 0 aliphatic heterocycles. The lowest BCUT2D eigenvalue weighted by Crippen LogP contribution is -2.32. The topological polar surface area (TPSA) is 71.1 Å². The number of hydrogen-bond acceptors (Lipinski definition) is 4. The van der Waals surface area contributed by atoms with Crippen molar-refractivity contribution in [3.8, 4) is 0 Å². The molecule has 156 valence electrons. The van der Waals surface area contributed by atoms with E-state index < -0.39 is 0 Å². The monoisotopic (exact) mass is 429 g/mol. The van der Waals surface area contributed by atoms with Gasteiger partial charge >= 0.3 is 0 Å². The van der Waals surface area contributed by atoms with Gasteiger partial charge in [0.2, 0.25) is 0 Å². The van der Waals surface area contributed by atoms with Crippen LogP contribution in [0.1, 0.15) is 39.8 Å². The minimum absolute atomic E-state index is 0.0602. The Kier molecular flexibility index (Phi) is 6.38. The molecule has 1 atom stereocenters. The van der Waals surface area contributed by atoms with Gasteiger partial charge in [0.1, 0.15) is 5.69 Å². The largest absolute Gasteiger partial charge is 0.350 e.